The third-order valence-corrected chi connectivity index (χ3v) is 4.13. The maximum Gasteiger partial charge on any atom is 0.322 e. The van der Waals surface area contributed by atoms with Crippen molar-refractivity contribution < 1.29 is 27.9 Å². The number of hydrogen-bond acceptors (Lipinski definition) is 5. The van der Waals surface area contributed by atoms with Crippen molar-refractivity contribution in [2.24, 2.45) is 0 Å². The summed E-state index contributed by atoms with van der Waals surface area (Å²) < 4.78 is 28.5. The van der Waals surface area contributed by atoms with Gasteiger partial charge in [-0.3, -0.25) is 9.59 Å². The highest BCUT2D eigenvalue weighted by molar-refractivity contribution is 7.89. The second-order valence-electron chi connectivity index (χ2n) is 3.44. The summed E-state index contributed by atoms with van der Waals surface area (Å²) in [5.74, 6) is -2.89. The van der Waals surface area contributed by atoms with Gasteiger partial charge in [-0.25, -0.2) is 8.42 Å². The first-order valence-corrected chi connectivity index (χ1v) is 6.28. The lowest BCUT2D eigenvalue weighted by molar-refractivity contribution is -0.141. The molecular formula is C8H13NO6S. The molecule has 16 heavy (non-hydrogen) atoms. The van der Waals surface area contributed by atoms with Crippen LogP contribution in [-0.2, 0) is 24.3 Å². The van der Waals surface area contributed by atoms with Crippen LogP contribution >= 0.6 is 0 Å². The minimum Gasteiger partial charge on any atom is -0.480 e. The molecule has 1 atom stereocenters. The predicted molar refractivity (Wildman–Crippen MR) is 53.2 cm³/mol. The summed E-state index contributed by atoms with van der Waals surface area (Å²) >= 11 is 0. The number of esters is 1. The molecular weight excluding hydrogens is 238 g/mol. The number of rotatable bonds is 4. The average molecular weight is 251 g/mol. The molecule has 1 saturated heterocycles. The Labute approximate surface area is 93.0 Å². The average Bonchev–Trinajstić information content (AvgIpc) is 2.65. The van der Waals surface area contributed by atoms with Crippen LogP contribution in [-0.4, -0.2) is 55.2 Å². The van der Waals surface area contributed by atoms with E-state index in [0.717, 1.165) is 11.4 Å². The van der Waals surface area contributed by atoms with Gasteiger partial charge < -0.3 is 9.84 Å². The lowest BCUT2D eigenvalue weighted by Gasteiger charge is -2.19. The number of ether oxygens (including phenoxy) is 1. The molecule has 0 aliphatic carbocycles. The van der Waals surface area contributed by atoms with Gasteiger partial charge in [0.25, 0.3) is 0 Å². The number of methoxy groups -OCH3 is 1. The molecule has 0 aromatic heterocycles. The number of carbonyl (C=O) groups excluding carboxylic acids is 1. The summed E-state index contributed by atoms with van der Waals surface area (Å²) in [4.78, 5) is 21.7. The second kappa shape index (κ2) is 4.79. The van der Waals surface area contributed by atoms with Crippen molar-refractivity contribution in [1.82, 2.24) is 4.31 Å². The van der Waals surface area contributed by atoms with E-state index in [1.54, 1.807) is 0 Å². The largest absolute Gasteiger partial charge is 0.480 e. The van der Waals surface area contributed by atoms with E-state index >= 15 is 0 Å². The first-order chi connectivity index (χ1) is 7.38. The molecule has 0 unspecified atom stereocenters. The highest BCUT2D eigenvalue weighted by atomic mass is 32.2. The normalized spacial score (nSPS) is 21.9. The predicted octanol–water partition coefficient (Wildman–Crippen LogP) is -0.962. The van der Waals surface area contributed by atoms with Crippen LogP contribution in [0.3, 0.4) is 0 Å². The van der Waals surface area contributed by atoms with Crippen LogP contribution < -0.4 is 0 Å². The molecule has 1 heterocycles. The molecule has 1 aliphatic heterocycles. The Balaban J connectivity index is 2.83. The number of hydrogen-bond donors (Lipinski definition) is 1. The molecule has 0 amide bonds. The van der Waals surface area contributed by atoms with Gasteiger partial charge in [-0.1, -0.05) is 0 Å². The highest BCUT2D eigenvalue weighted by Gasteiger charge is 2.39. The fourth-order valence-electron chi connectivity index (χ4n) is 1.61. The van der Waals surface area contributed by atoms with Crippen LogP contribution in [0.2, 0.25) is 0 Å². The van der Waals surface area contributed by atoms with E-state index in [2.05, 4.69) is 4.74 Å². The van der Waals surface area contributed by atoms with E-state index in [-0.39, 0.29) is 13.0 Å². The zero-order valence-corrected chi connectivity index (χ0v) is 9.57. The molecule has 0 aromatic rings. The fraction of sp³-hybridized carbons (Fsp3) is 0.750. The molecule has 0 bridgehead atoms. The Bertz CT molecular complexity index is 389. The van der Waals surface area contributed by atoms with Crippen LogP contribution in [0.25, 0.3) is 0 Å². The number of sulfonamides is 1. The van der Waals surface area contributed by atoms with Crippen LogP contribution in [0, 0.1) is 0 Å². The minimum absolute atomic E-state index is 0.135. The molecule has 1 aliphatic rings. The zero-order valence-electron chi connectivity index (χ0n) is 8.75. The third-order valence-electron chi connectivity index (χ3n) is 2.37. The lowest BCUT2D eigenvalue weighted by Crippen LogP contribution is -2.43. The third kappa shape index (κ3) is 2.70. The van der Waals surface area contributed by atoms with Crippen molar-refractivity contribution in [2.75, 3.05) is 19.4 Å². The maximum atomic E-state index is 11.7. The second-order valence-corrected chi connectivity index (χ2v) is 5.36. The van der Waals surface area contributed by atoms with E-state index in [1.165, 1.54) is 0 Å². The van der Waals surface area contributed by atoms with E-state index < -0.39 is 33.8 Å². The van der Waals surface area contributed by atoms with Crippen molar-refractivity contribution in [3.05, 3.63) is 0 Å². The Hall–Kier alpha value is -1.15. The first kappa shape index (κ1) is 12.9. The van der Waals surface area contributed by atoms with Crippen LogP contribution in [0.15, 0.2) is 0 Å². The van der Waals surface area contributed by atoms with Gasteiger partial charge in [0.15, 0.2) is 5.75 Å². The standard InChI is InChI=1S/C8H13NO6S/c1-15-7(10)5-16(13,14)9-4-2-3-6(9)8(11)12/h6H,2-5H2,1H3,(H,11,12)/t6-/m1/s1. The van der Waals surface area contributed by atoms with Crippen molar-refractivity contribution in [3.63, 3.8) is 0 Å². The quantitative estimate of drug-likeness (QED) is 0.646. The molecule has 1 N–H and O–H groups in total. The molecule has 1 fully saturated rings. The number of carboxylic acid groups (broad SMARTS) is 1. The topological polar surface area (TPSA) is 101 Å². The Morgan fingerprint density at radius 2 is 2.12 bits per heavy atom. The summed E-state index contributed by atoms with van der Waals surface area (Å²) in [7, 11) is -2.81. The number of nitrogens with zero attached hydrogens (tertiary/aromatic N) is 1. The Morgan fingerprint density at radius 3 is 2.62 bits per heavy atom. The first-order valence-electron chi connectivity index (χ1n) is 4.67. The molecule has 7 nitrogen and oxygen atoms in total. The smallest absolute Gasteiger partial charge is 0.322 e. The summed E-state index contributed by atoms with van der Waals surface area (Å²) in [6, 6.07) is -1.06. The molecule has 1 rings (SSSR count). The number of carboxylic acids is 1. The molecule has 0 radical (unpaired) electrons. The highest BCUT2D eigenvalue weighted by Crippen LogP contribution is 2.21. The maximum absolute atomic E-state index is 11.7. The van der Waals surface area contributed by atoms with Gasteiger partial charge in [-0.2, -0.15) is 4.31 Å². The summed E-state index contributed by atoms with van der Waals surface area (Å²) in [6.07, 6.45) is 0.757. The van der Waals surface area contributed by atoms with Crippen LogP contribution in [0.4, 0.5) is 0 Å². The lowest BCUT2D eigenvalue weighted by atomic mass is 10.2. The van der Waals surface area contributed by atoms with Gasteiger partial charge in [-0.05, 0) is 12.8 Å². The van der Waals surface area contributed by atoms with Gasteiger partial charge in [-0.15, -0.1) is 0 Å². The van der Waals surface area contributed by atoms with Crippen molar-refractivity contribution >= 4 is 22.0 Å². The Kier molecular flexibility index (Phi) is 3.87. The molecule has 0 aromatic carbocycles. The summed E-state index contributed by atoms with van der Waals surface area (Å²) in [6.45, 7) is 0.135. The van der Waals surface area contributed by atoms with Crippen LogP contribution in [0.5, 0.6) is 0 Å². The SMILES string of the molecule is COC(=O)CS(=O)(=O)N1CCC[C@@H]1C(=O)O. The van der Waals surface area contributed by atoms with Gasteiger partial charge in [0.1, 0.15) is 6.04 Å². The van der Waals surface area contributed by atoms with Crippen molar-refractivity contribution in [1.29, 1.82) is 0 Å². The zero-order chi connectivity index (χ0) is 12.3. The molecule has 0 saturated carbocycles. The monoisotopic (exact) mass is 251 g/mol. The molecule has 0 spiro atoms. The van der Waals surface area contributed by atoms with Gasteiger partial charge in [0.05, 0.1) is 7.11 Å². The van der Waals surface area contributed by atoms with Crippen molar-refractivity contribution in [3.8, 4) is 0 Å². The summed E-state index contributed by atoms with van der Waals surface area (Å²) in [5, 5.41) is 8.82. The van der Waals surface area contributed by atoms with Gasteiger partial charge in [0, 0.05) is 6.54 Å². The van der Waals surface area contributed by atoms with E-state index in [0.29, 0.717) is 6.42 Å². The van der Waals surface area contributed by atoms with E-state index in [1.807, 2.05) is 0 Å². The fourth-order valence-corrected chi connectivity index (χ4v) is 3.18. The number of aliphatic carboxylic acids is 1. The summed E-state index contributed by atoms with van der Waals surface area (Å²) in [5.41, 5.74) is 0. The van der Waals surface area contributed by atoms with E-state index in [9.17, 15) is 18.0 Å². The van der Waals surface area contributed by atoms with Crippen LogP contribution in [0.1, 0.15) is 12.8 Å². The number of carbonyl (C=O) groups is 2. The van der Waals surface area contributed by atoms with E-state index in [4.69, 9.17) is 5.11 Å². The Morgan fingerprint density at radius 1 is 1.50 bits per heavy atom. The van der Waals surface area contributed by atoms with Gasteiger partial charge >= 0.3 is 11.9 Å². The molecule has 8 heteroatoms. The van der Waals surface area contributed by atoms with Crippen molar-refractivity contribution in [2.45, 2.75) is 18.9 Å². The minimum atomic E-state index is -3.89. The van der Waals surface area contributed by atoms with Gasteiger partial charge in [0.2, 0.25) is 10.0 Å². The molecule has 92 valence electrons.